The Morgan fingerprint density at radius 2 is 1.25 bits per heavy atom. The molecule has 0 saturated heterocycles. The smallest absolute Gasteiger partial charge is 0.319 e. The summed E-state index contributed by atoms with van der Waals surface area (Å²) < 4.78 is 0. The van der Waals surface area contributed by atoms with Gasteiger partial charge < -0.3 is 14.7 Å². The lowest BCUT2D eigenvalue weighted by Gasteiger charge is -1.88. The highest BCUT2D eigenvalue weighted by molar-refractivity contribution is 8.06. The van der Waals surface area contributed by atoms with Crippen LogP contribution in [0.4, 0.5) is 0 Å². The van der Waals surface area contributed by atoms with E-state index >= 15 is 0 Å². The van der Waals surface area contributed by atoms with Crippen molar-refractivity contribution in [1.82, 2.24) is 0 Å². The summed E-state index contributed by atoms with van der Waals surface area (Å²) in [6.45, 7) is -3.81. The monoisotopic (exact) mass is 156 g/mol. The molecule has 5 nitrogen and oxygen atoms in total. The summed E-state index contributed by atoms with van der Waals surface area (Å²) in [5.41, 5.74) is 0. The minimum atomic E-state index is -3.81. The zero-order chi connectivity index (χ0) is 7.21. The van der Waals surface area contributed by atoms with Gasteiger partial charge in [0, 0.05) is 0 Å². The molecule has 0 unspecified atom stereocenters. The second-order valence-corrected chi connectivity index (χ2v) is 3.13. The van der Waals surface area contributed by atoms with Crippen LogP contribution in [-0.2, 0) is 11.8 Å². The minimum Gasteiger partial charge on any atom is -0.325 e. The number of nitrogens with one attached hydrogen (secondary N) is 2. The van der Waals surface area contributed by atoms with Crippen molar-refractivity contribution in [3.63, 3.8) is 0 Å². The summed E-state index contributed by atoms with van der Waals surface area (Å²) in [5, 5.41) is 11.2. The van der Waals surface area contributed by atoms with Crippen LogP contribution in [0.25, 0.3) is 0 Å². The van der Waals surface area contributed by atoms with Crippen molar-refractivity contribution in [3.05, 3.63) is 0 Å². The first kappa shape index (κ1) is 10.8. The van der Waals surface area contributed by atoms with Gasteiger partial charge in [-0.2, -0.15) is 0 Å². The molecule has 5 N–H and O–H groups in total. The molecule has 7 heteroatoms. The van der Waals surface area contributed by atoms with Crippen molar-refractivity contribution >= 4 is 24.5 Å². The van der Waals surface area contributed by atoms with Crippen molar-refractivity contribution in [2.24, 2.45) is 0 Å². The first-order valence-corrected chi connectivity index (χ1v) is 3.94. The third kappa shape index (κ3) is 17600. The van der Waals surface area contributed by atoms with Gasteiger partial charge in [-0.15, -0.1) is 0 Å². The van der Waals surface area contributed by atoms with Gasteiger partial charge in [0.15, 0.2) is 0 Å². The van der Waals surface area contributed by atoms with Crippen LogP contribution in [0.5, 0.6) is 0 Å². The van der Waals surface area contributed by atoms with E-state index in [-0.39, 0.29) is 0 Å². The Labute approximate surface area is 50.9 Å². The highest BCUT2D eigenvalue weighted by Gasteiger charge is 1.92. The van der Waals surface area contributed by atoms with Gasteiger partial charge in [-0.05, 0) is 11.8 Å². The molecule has 0 aromatic heterocycles. The standard InChI is InChI=1S/CH2N2.H3O3PS/c2-1-3;1-4(2,3)5/h2-3H;(H3,1,2,3,5). The second-order valence-electron chi connectivity index (χ2n) is 0.638. The van der Waals surface area contributed by atoms with Crippen LogP contribution in [0, 0.1) is 10.8 Å². The first-order chi connectivity index (χ1) is 3.41. The minimum absolute atomic E-state index is 1.25. The zero-order valence-electron chi connectivity index (χ0n) is 3.70. The van der Waals surface area contributed by atoms with Crippen LogP contribution >= 0.6 is 6.72 Å². The van der Waals surface area contributed by atoms with Gasteiger partial charge in [0.1, 0.15) is 0 Å². The normalized spacial score (nSPS) is 8.38. The lowest BCUT2D eigenvalue weighted by molar-refractivity contribution is 0.363. The molecule has 0 aromatic rings. The van der Waals surface area contributed by atoms with E-state index in [9.17, 15) is 0 Å². The van der Waals surface area contributed by atoms with Crippen molar-refractivity contribution in [1.29, 1.82) is 10.8 Å². The maximum atomic E-state index is 7.56. The van der Waals surface area contributed by atoms with E-state index in [0.717, 1.165) is 0 Å². The predicted octanol–water partition coefficient (Wildman–Crippen LogP) is -0.494. The van der Waals surface area contributed by atoms with Gasteiger partial charge in [-0.1, -0.05) is 0 Å². The van der Waals surface area contributed by atoms with Gasteiger partial charge in [-0.3, -0.25) is 0 Å². The van der Waals surface area contributed by atoms with Crippen LogP contribution in [0.3, 0.4) is 0 Å². The fourth-order valence-electron chi connectivity index (χ4n) is 0. The third-order valence-corrected chi connectivity index (χ3v) is 0. The van der Waals surface area contributed by atoms with E-state index in [1.165, 1.54) is 6.01 Å². The Bertz CT molecular complexity index is 115. The van der Waals surface area contributed by atoms with Crippen LogP contribution in [0.15, 0.2) is 0 Å². The van der Waals surface area contributed by atoms with Crippen LogP contribution in [0.1, 0.15) is 0 Å². The molecular weight excluding hydrogens is 151 g/mol. The van der Waals surface area contributed by atoms with Crippen LogP contribution in [0.2, 0.25) is 0 Å². The Balaban J connectivity index is 0. The van der Waals surface area contributed by atoms with Gasteiger partial charge in [0.25, 0.3) is 0 Å². The number of hydrogen-bond acceptors (Lipinski definition) is 3. The van der Waals surface area contributed by atoms with Gasteiger partial charge in [-0.25, -0.2) is 10.8 Å². The van der Waals surface area contributed by atoms with Crippen molar-refractivity contribution in [3.8, 4) is 0 Å². The highest BCUT2D eigenvalue weighted by atomic mass is 32.5. The molecule has 0 bridgehead atoms. The van der Waals surface area contributed by atoms with Crippen LogP contribution < -0.4 is 0 Å². The Kier molecular flexibility index (Phi) is 6.83. The highest BCUT2D eigenvalue weighted by Crippen LogP contribution is 2.26. The summed E-state index contributed by atoms with van der Waals surface area (Å²) in [5.74, 6) is 0. The summed E-state index contributed by atoms with van der Waals surface area (Å²) in [7, 11) is 0. The maximum absolute atomic E-state index is 7.56. The van der Waals surface area contributed by atoms with E-state index in [4.69, 9.17) is 25.5 Å². The molecule has 0 rings (SSSR count). The molecule has 0 fully saturated rings. The molecular formula is CH5N2O3PS. The second kappa shape index (κ2) is 5.05. The topological polar surface area (TPSA) is 108 Å². The first-order valence-electron chi connectivity index (χ1n) is 1.28. The molecule has 0 aliphatic heterocycles. The lowest BCUT2D eigenvalue weighted by atomic mass is 11.6. The molecule has 8 heavy (non-hydrogen) atoms. The average molecular weight is 156 g/mol. The predicted molar refractivity (Wildman–Crippen MR) is 31.4 cm³/mol. The lowest BCUT2D eigenvalue weighted by Crippen LogP contribution is -1.65. The fourth-order valence-corrected chi connectivity index (χ4v) is 0. The van der Waals surface area contributed by atoms with E-state index < -0.39 is 6.72 Å². The van der Waals surface area contributed by atoms with Gasteiger partial charge in [0.05, 0.1) is 6.01 Å². The average Bonchev–Trinajstić information content (AvgIpc) is 1.27. The molecule has 0 atom stereocenters. The number of hydrogen-bond donors (Lipinski definition) is 5. The fraction of sp³-hybridized carbons (Fsp3) is 0. The summed E-state index contributed by atoms with van der Waals surface area (Å²) >= 11 is 3.60. The maximum Gasteiger partial charge on any atom is 0.319 e. The van der Waals surface area contributed by atoms with Gasteiger partial charge in [0.2, 0.25) is 0 Å². The Hall–Kier alpha value is -0.0900. The zero-order valence-corrected chi connectivity index (χ0v) is 5.41. The molecule has 0 amide bonds. The SMILES string of the molecule is N=C=N.OP(O)(O)=S. The van der Waals surface area contributed by atoms with Crippen molar-refractivity contribution < 1.29 is 14.7 Å². The van der Waals surface area contributed by atoms with Crippen molar-refractivity contribution in [2.45, 2.75) is 0 Å². The van der Waals surface area contributed by atoms with Gasteiger partial charge >= 0.3 is 6.72 Å². The molecule has 0 aromatic carbocycles. The summed E-state index contributed by atoms with van der Waals surface area (Å²) in [4.78, 5) is 22.7. The molecule has 0 aliphatic carbocycles. The molecule has 0 radical (unpaired) electrons. The van der Waals surface area contributed by atoms with E-state index in [1.807, 2.05) is 0 Å². The number of rotatable bonds is 0. The summed E-state index contributed by atoms with van der Waals surface area (Å²) in [6.07, 6.45) is 0. The van der Waals surface area contributed by atoms with Crippen LogP contribution in [-0.4, -0.2) is 20.7 Å². The quantitative estimate of drug-likeness (QED) is 0.241. The largest absolute Gasteiger partial charge is 0.325 e. The molecule has 0 spiro atoms. The molecule has 0 heterocycles. The molecule has 48 valence electrons. The summed E-state index contributed by atoms with van der Waals surface area (Å²) in [6, 6.07) is 1.25. The molecule has 0 saturated carbocycles. The third-order valence-electron chi connectivity index (χ3n) is 0. The Morgan fingerprint density at radius 1 is 1.25 bits per heavy atom. The van der Waals surface area contributed by atoms with E-state index in [1.54, 1.807) is 0 Å². The van der Waals surface area contributed by atoms with E-state index in [0.29, 0.717) is 0 Å². The Morgan fingerprint density at radius 3 is 1.25 bits per heavy atom. The van der Waals surface area contributed by atoms with Crippen molar-refractivity contribution in [2.75, 3.05) is 0 Å². The molecule has 0 aliphatic rings. The van der Waals surface area contributed by atoms with E-state index in [2.05, 4.69) is 11.8 Å².